The van der Waals surface area contributed by atoms with E-state index < -0.39 is 0 Å². The van der Waals surface area contributed by atoms with Gasteiger partial charge in [0, 0.05) is 38.6 Å². The second-order valence-corrected chi connectivity index (χ2v) is 7.47. The number of hydrogen-bond donors (Lipinski definition) is 1. The summed E-state index contributed by atoms with van der Waals surface area (Å²) in [7, 11) is 3.99. The van der Waals surface area contributed by atoms with Crippen LogP contribution in [0.1, 0.15) is 12.8 Å². The fourth-order valence-corrected chi connectivity index (χ4v) is 3.54. The van der Waals surface area contributed by atoms with Crippen molar-refractivity contribution < 1.29 is 9.21 Å². The Kier molecular flexibility index (Phi) is 5.46. The molecule has 0 radical (unpaired) electrons. The number of piperidine rings is 1. The molecule has 3 aromatic rings. The molecular formula is C22H25N5O2. The number of rotatable bonds is 5. The average molecular weight is 391 g/mol. The fraction of sp³-hybridized carbons (Fsp3) is 0.318. The van der Waals surface area contributed by atoms with Crippen LogP contribution in [0.4, 0.5) is 17.2 Å². The molecule has 1 amide bonds. The lowest BCUT2D eigenvalue weighted by atomic mass is 9.97. The van der Waals surface area contributed by atoms with Gasteiger partial charge in [-0.25, -0.2) is 0 Å². The van der Waals surface area contributed by atoms with Gasteiger partial charge in [-0.2, -0.15) is 0 Å². The van der Waals surface area contributed by atoms with Crippen molar-refractivity contribution in [1.82, 2.24) is 10.2 Å². The maximum absolute atomic E-state index is 12.8. The van der Waals surface area contributed by atoms with Crippen LogP contribution in [0.5, 0.6) is 0 Å². The van der Waals surface area contributed by atoms with E-state index in [4.69, 9.17) is 4.42 Å². The van der Waals surface area contributed by atoms with Crippen molar-refractivity contribution in [1.29, 1.82) is 0 Å². The number of amides is 1. The van der Waals surface area contributed by atoms with Gasteiger partial charge < -0.3 is 19.5 Å². The van der Waals surface area contributed by atoms with Crippen molar-refractivity contribution >= 4 is 23.1 Å². The molecule has 0 bridgehead atoms. The van der Waals surface area contributed by atoms with Crippen LogP contribution < -0.4 is 15.1 Å². The Labute approximate surface area is 170 Å². The lowest BCUT2D eigenvalue weighted by Crippen LogP contribution is -2.41. The Balaban J connectivity index is 1.39. The monoisotopic (exact) mass is 391 g/mol. The van der Waals surface area contributed by atoms with E-state index in [1.54, 1.807) is 6.26 Å². The zero-order chi connectivity index (χ0) is 20.2. The fourth-order valence-electron chi connectivity index (χ4n) is 3.54. The smallest absolute Gasteiger partial charge is 0.229 e. The van der Waals surface area contributed by atoms with Crippen LogP contribution in [0.25, 0.3) is 11.5 Å². The van der Waals surface area contributed by atoms with Crippen molar-refractivity contribution in [3.8, 4) is 11.5 Å². The molecular weight excluding hydrogens is 366 g/mol. The van der Waals surface area contributed by atoms with Crippen LogP contribution in [0.3, 0.4) is 0 Å². The van der Waals surface area contributed by atoms with E-state index >= 15 is 0 Å². The average Bonchev–Trinajstić information content (AvgIpc) is 3.29. The third kappa shape index (κ3) is 4.39. The first-order valence-corrected chi connectivity index (χ1v) is 9.81. The minimum Gasteiger partial charge on any atom is -0.463 e. The van der Waals surface area contributed by atoms with Crippen molar-refractivity contribution in [2.24, 2.45) is 5.92 Å². The van der Waals surface area contributed by atoms with Gasteiger partial charge in [-0.15, -0.1) is 10.2 Å². The SMILES string of the molecule is CN(C)c1ccc(NC(=O)C2CCCN(c3ccc(-c4ccco4)nn3)C2)cc1. The Hall–Kier alpha value is -3.35. The Bertz CT molecular complexity index is 936. The molecule has 29 heavy (non-hydrogen) atoms. The minimum atomic E-state index is -0.0798. The van der Waals surface area contributed by atoms with E-state index in [-0.39, 0.29) is 11.8 Å². The number of furan rings is 1. The first-order valence-electron chi connectivity index (χ1n) is 9.81. The number of hydrogen-bond acceptors (Lipinski definition) is 6. The summed E-state index contributed by atoms with van der Waals surface area (Å²) in [4.78, 5) is 16.9. The molecule has 0 aliphatic carbocycles. The van der Waals surface area contributed by atoms with Gasteiger partial charge in [0.25, 0.3) is 0 Å². The summed E-state index contributed by atoms with van der Waals surface area (Å²) in [6, 6.07) is 15.4. The van der Waals surface area contributed by atoms with E-state index in [9.17, 15) is 4.79 Å². The summed E-state index contributed by atoms with van der Waals surface area (Å²) in [5.41, 5.74) is 2.62. The van der Waals surface area contributed by atoms with Gasteiger partial charge in [0.2, 0.25) is 5.91 Å². The number of nitrogens with one attached hydrogen (secondary N) is 1. The quantitative estimate of drug-likeness (QED) is 0.715. The maximum atomic E-state index is 12.8. The predicted octanol–water partition coefficient (Wildman–Crippen LogP) is 3.66. The van der Waals surface area contributed by atoms with Gasteiger partial charge in [-0.05, 0) is 61.4 Å². The van der Waals surface area contributed by atoms with E-state index in [0.717, 1.165) is 36.6 Å². The molecule has 1 saturated heterocycles. The molecule has 1 fully saturated rings. The van der Waals surface area contributed by atoms with Crippen molar-refractivity contribution in [2.75, 3.05) is 42.3 Å². The number of anilines is 3. The third-order valence-electron chi connectivity index (χ3n) is 5.19. The molecule has 1 aliphatic heterocycles. The van der Waals surface area contributed by atoms with Crippen molar-refractivity contribution in [2.45, 2.75) is 12.8 Å². The first kappa shape index (κ1) is 19.0. The zero-order valence-electron chi connectivity index (χ0n) is 16.7. The van der Waals surface area contributed by atoms with E-state index in [2.05, 4.69) is 20.4 Å². The van der Waals surface area contributed by atoms with Gasteiger partial charge >= 0.3 is 0 Å². The maximum Gasteiger partial charge on any atom is 0.229 e. The zero-order valence-corrected chi connectivity index (χ0v) is 16.7. The number of aromatic nitrogens is 2. The van der Waals surface area contributed by atoms with Gasteiger partial charge in [0.15, 0.2) is 11.6 Å². The van der Waals surface area contributed by atoms with Gasteiger partial charge in [-0.3, -0.25) is 4.79 Å². The molecule has 0 saturated carbocycles. The highest BCUT2D eigenvalue weighted by Crippen LogP contribution is 2.25. The highest BCUT2D eigenvalue weighted by molar-refractivity contribution is 5.93. The normalized spacial score (nSPS) is 16.5. The summed E-state index contributed by atoms with van der Waals surface area (Å²) < 4.78 is 5.36. The second-order valence-electron chi connectivity index (χ2n) is 7.47. The van der Waals surface area contributed by atoms with Crippen LogP contribution in [-0.2, 0) is 4.79 Å². The number of carbonyl (C=O) groups excluding carboxylic acids is 1. The molecule has 1 N–H and O–H groups in total. The van der Waals surface area contributed by atoms with E-state index in [1.807, 2.05) is 67.5 Å². The number of benzene rings is 1. The number of carbonyl (C=O) groups is 1. The molecule has 1 aromatic carbocycles. The Morgan fingerprint density at radius 1 is 1.14 bits per heavy atom. The molecule has 2 aromatic heterocycles. The van der Waals surface area contributed by atoms with Crippen LogP contribution in [0, 0.1) is 5.92 Å². The van der Waals surface area contributed by atoms with Crippen molar-refractivity contribution in [3.63, 3.8) is 0 Å². The summed E-state index contributed by atoms with van der Waals surface area (Å²) in [6.07, 6.45) is 3.43. The van der Waals surface area contributed by atoms with E-state index in [0.29, 0.717) is 18.0 Å². The highest BCUT2D eigenvalue weighted by Gasteiger charge is 2.27. The number of nitrogens with zero attached hydrogens (tertiary/aromatic N) is 4. The molecule has 1 atom stereocenters. The van der Waals surface area contributed by atoms with Crippen LogP contribution in [0.15, 0.2) is 59.2 Å². The van der Waals surface area contributed by atoms with Crippen LogP contribution in [0.2, 0.25) is 0 Å². The van der Waals surface area contributed by atoms with Gasteiger partial charge in [0.1, 0.15) is 5.69 Å². The highest BCUT2D eigenvalue weighted by atomic mass is 16.3. The molecule has 4 rings (SSSR count). The molecule has 7 heteroatoms. The summed E-state index contributed by atoms with van der Waals surface area (Å²) in [5, 5.41) is 11.7. The Morgan fingerprint density at radius 2 is 1.97 bits per heavy atom. The Morgan fingerprint density at radius 3 is 2.62 bits per heavy atom. The molecule has 1 unspecified atom stereocenters. The van der Waals surface area contributed by atoms with E-state index in [1.165, 1.54) is 0 Å². The molecule has 3 heterocycles. The molecule has 1 aliphatic rings. The summed E-state index contributed by atoms with van der Waals surface area (Å²) >= 11 is 0. The third-order valence-corrected chi connectivity index (χ3v) is 5.19. The van der Waals surface area contributed by atoms with Gasteiger partial charge in [0.05, 0.1) is 12.2 Å². The van der Waals surface area contributed by atoms with Crippen molar-refractivity contribution in [3.05, 3.63) is 54.8 Å². The largest absolute Gasteiger partial charge is 0.463 e. The lowest BCUT2D eigenvalue weighted by Gasteiger charge is -2.32. The molecule has 0 spiro atoms. The first-order chi connectivity index (χ1) is 14.1. The van der Waals surface area contributed by atoms with Crippen LogP contribution >= 0.6 is 0 Å². The lowest BCUT2D eigenvalue weighted by molar-refractivity contribution is -0.120. The summed E-state index contributed by atoms with van der Waals surface area (Å²) in [6.45, 7) is 1.51. The molecule has 150 valence electrons. The minimum absolute atomic E-state index is 0.0486. The standard InChI is InChI=1S/C22H25N5O2/c1-26(2)18-9-7-17(8-10-18)23-22(28)16-5-3-13-27(15-16)21-12-11-19(24-25-21)20-6-4-14-29-20/h4,6-12,14,16H,3,5,13,15H2,1-2H3,(H,23,28). The second kappa shape index (κ2) is 8.34. The van der Waals surface area contributed by atoms with Crippen LogP contribution in [-0.4, -0.2) is 43.3 Å². The van der Waals surface area contributed by atoms with Gasteiger partial charge in [-0.1, -0.05) is 0 Å². The molecule has 7 nitrogen and oxygen atoms in total. The topological polar surface area (TPSA) is 74.5 Å². The predicted molar refractivity (Wildman–Crippen MR) is 114 cm³/mol. The summed E-state index contributed by atoms with van der Waals surface area (Å²) in [5.74, 6) is 1.45.